The molecule has 0 aliphatic rings. The maximum atomic E-state index is 12.5. The number of rotatable bonds is 4. The second-order valence-electron chi connectivity index (χ2n) is 4.45. The minimum Gasteiger partial charge on any atom is -0.363 e. The second kappa shape index (κ2) is 5.58. The van der Waals surface area contributed by atoms with Gasteiger partial charge in [0.05, 0.1) is 6.54 Å². The first-order chi connectivity index (χ1) is 10.3. The van der Waals surface area contributed by atoms with Gasteiger partial charge in [-0.15, -0.1) is 0 Å². The third-order valence-corrected chi connectivity index (χ3v) is 2.98. The average molecular weight is 284 g/mol. The van der Waals surface area contributed by atoms with Gasteiger partial charge in [0.1, 0.15) is 17.5 Å². The molecule has 0 unspecified atom stereocenters. The molecule has 0 atom stereocenters. The van der Waals surface area contributed by atoms with E-state index < -0.39 is 0 Å². The lowest BCUT2D eigenvalue weighted by Crippen LogP contribution is -2.26. The summed E-state index contributed by atoms with van der Waals surface area (Å²) in [6, 6.07) is 9.39. The fraction of sp³-hybridized carbons (Fsp3) is 0.143. The molecule has 0 saturated carbocycles. The molecule has 0 spiro atoms. The molecule has 0 aliphatic heterocycles. The molecule has 0 saturated heterocycles. The Morgan fingerprint density at radius 2 is 2.00 bits per heavy atom. The van der Waals surface area contributed by atoms with Gasteiger partial charge < -0.3 is 13.9 Å². The fourth-order valence-electron chi connectivity index (χ4n) is 1.94. The zero-order chi connectivity index (χ0) is 14.7. The van der Waals surface area contributed by atoms with Crippen molar-refractivity contribution in [2.75, 3.05) is 7.05 Å². The number of carbonyl (C=O) groups is 1. The van der Waals surface area contributed by atoms with E-state index in [2.05, 4.69) is 19.8 Å². The molecule has 21 heavy (non-hydrogen) atoms. The van der Waals surface area contributed by atoms with Crippen LogP contribution in [-0.2, 0) is 6.54 Å². The van der Waals surface area contributed by atoms with Gasteiger partial charge in [-0.2, -0.15) is 4.98 Å². The van der Waals surface area contributed by atoms with E-state index in [4.69, 9.17) is 4.52 Å². The smallest absolute Gasteiger partial charge is 0.259 e. The van der Waals surface area contributed by atoms with Crippen LogP contribution in [0.5, 0.6) is 0 Å². The minimum absolute atomic E-state index is 0.222. The maximum Gasteiger partial charge on any atom is 0.259 e. The molecule has 2 aromatic heterocycles. The van der Waals surface area contributed by atoms with Crippen molar-refractivity contribution in [3.8, 4) is 11.3 Å². The van der Waals surface area contributed by atoms with Crippen LogP contribution in [0.3, 0.4) is 0 Å². The zero-order valence-corrected chi connectivity index (χ0v) is 11.3. The van der Waals surface area contributed by atoms with E-state index in [1.807, 2.05) is 30.3 Å². The Bertz CT molecular complexity index is 722. The van der Waals surface area contributed by atoms with Crippen molar-refractivity contribution in [3.63, 3.8) is 0 Å². The molecule has 0 bridgehead atoms. The van der Waals surface area contributed by atoms with Crippen LogP contribution in [0.15, 0.2) is 52.0 Å². The summed E-state index contributed by atoms with van der Waals surface area (Å²) < 4.78 is 9.61. The summed E-state index contributed by atoms with van der Waals surface area (Å²) in [6.45, 7) is 0.245. The van der Waals surface area contributed by atoms with Gasteiger partial charge in [0.25, 0.3) is 5.91 Å². The fourth-order valence-corrected chi connectivity index (χ4v) is 1.94. The number of amides is 1. The van der Waals surface area contributed by atoms with Crippen LogP contribution in [0, 0.1) is 0 Å². The molecule has 0 N–H and O–H groups in total. The topological polar surface area (TPSA) is 85.3 Å². The lowest BCUT2D eigenvalue weighted by Gasteiger charge is -2.14. The SMILES string of the molecule is CN(Cc1ncon1)C(=O)c1conc1-c1ccccc1. The second-order valence-corrected chi connectivity index (χ2v) is 4.45. The Morgan fingerprint density at radius 1 is 1.19 bits per heavy atom. The predicted molar refractivity (Wildman–Crippen MR) is 72.0 cm³/mol. The highest BCUT2D eigenvalue weighted by atomic mass is 16.5. The molecule has 2 heterocycles. The number of aromatic nitrogens is 3. The van der Waals surface area contributed by atoms with Crippen LogP contribution in [0.4, 0.5) is 0 Å². The quantitative estimate of drug-likeness (QED) is 0.728. The van der Waals surface area contributed by atoms with Gasteiger partial charge in [0.2, 0.25) is 6.39 Å². The van der Waals surface area contributed by atoms with E-state index in [0.29, 0.717) is 17.1 Å². The number of hydrogen-bond donors (Lipinski definition) is 0. The predicted octanol–water partition coefficient (Wildman–Crippen LogP) is 2.00. The monoisotopic (exact) mass is 284 g/mol. The molecular formula is C14H12N4O3. The zero-order valence-electron chi connectivity index (χ0n) is 11.3. The summed E-state index contributed by atoms with van der Waals surface area (Å²) in [5.41, 5.74) is 1.73. The van der Waals surface area contributed by atoms with Crippen LogP contribution in [-0.4, -0.2) is 33.2 Å². The Labute approximate surface area is 120 Å². The summed E-state index contributed by atoms with van der Waals surface area (Å²) in [5.74, 6) is 0.212. The third-order valence-electron chi connectivity index (χ3n) is 2.98. The number of nitrogens with zero attached hydrogens (tertiary/aromatic N) is 4. The third kappa shape index (κ3) is 2.66. The van der Waals surface area contributed by atoms with Crippen molar-refractivity contribution in [1.82, 2.24) is 20.2 Å². The van der Waals surface area contributed by atoms with Gasteiger partial charge in [0, 0.05) is 12.6 Å². The van der Waals surface area contributed by atoms with E-state index in [1.54, 1.807) is 7.05 Å². The summed E-state index contributed by atoms with van der Waals surface area (Å²) in [7, 11) is 1.65. The van der Waals surface area contributed by atoms with Gasteiger partial charge in [-0.05, 0) is 0 Å². The van der Waals surface area contributed by atoms with Crippen molar-refractivity contribution < 1.29 is 13.8 Å². The molecular weight excluding hydrogens is 272 g/mol. The number of carbonyl (C=O) groups excluding carboxylic acids is 1. The van der Waals surface area contributed by atoms with Crippen LogP contribution in [0.25, 0.3) is 11.3 Å². The standard InChI is InChI=1S/C14H12N4O3/c1-18(7-12-15-9-21-16-12)14(19)11-8-20-17-13(11)10-5-3-2-4-6-10/h2-6,8-9H,7H2,1H3. The first kappa shape index (κ1) is 13.0. The van der Waals surface area contributed by atoms with E-state index in [9.17, 15) is 4.79 Å². The Kier molecular flexibility index (Phi) is 3.46. The molecule has 0 fully saturated rings. The molecule has 0 aliphatic carbocycles. The van der Waals surface area contributed by atoms with Crippen molar-refractivity contribution in [2.45, 2.75) is 6.54 Å². The average Bonchev–Trinajstić information content (AvgIpc) is 3.18. The van der Waals surface area contributed by atoms with E-state index in [0.717, 1.165) is 5.56 Å². The molecule has 1 amide bonds. The van der Waals surface area contributed by atoms with Gasteiger partial charge in [0.15, 0.2) is 5.82 Å². The lowest BCUT2D eigenvalue weighted by molar-refractivity contribution is 0.0780. The normalized spacial score (nSPS) is 10.5. The molecule has 0 radical (unpaired) electrons. The highest BCUT2D eigenvalue weighted by Gasteiger charge is 2.21. The van der Waals surface area contributed by atoms with E-state index >= 15 is 0 Å². The van der Waals surface area contributed by atoms with Crippen molar-refractivity contribution in [2.24, 2.45) is 0 Å². The molecule has 7 nitrogen and oxygen atoms in total. The number of benzene rings is 1. The first-order valence-electron chi connectivity index (χ1n) is 6.26. The molecule has 1 aromatic carbocycles. The Hall–Kier alpha value is -2.96. The van der Waals surface area contributed by atoms with E-state index in [-0.39, 0.29) is 12.5 Å². The van der Waals surface area contributed by atoms with Gasteiger partial charge >= 0.3 is 0 Å². The lowest BCUT2D eigenvalue weighted by atomic mass is 10.1. The molecule has 7 heteroatoms. The molecule has 3 rings (SSSR count). The molecule has 3 aromatic rings. The minimum atomic E-state index is -0.222. The van der Waals surface area contributed by atoms with Crippen molar-refractivity contribution in [3.05, 3.63) is 54.4 Å². The van der Waals surface area contributed by atoms with Crippen LogP contribution < -0.4 is 0 Å². The van der Waals surface area contributed by atoms with Crippen molar-refractivity contribution >= 4 is 5.91 Å². The van der Waals surface area contributed by atoms with Crippen molar-refractivity contribution in [1.29, 1.82) is 0 Å². The van der Waals surface area contributed by atoms with Gasteiger partial charge in [-0.25, -0.2) is 0 Å². The summed E-state index contributed by atoms with van der Waals surface area (Å²) in [5, 5.41) is 7.60. The first-order valence-corrected chi connectivity index (χ1v) is 6.26. The largest absolute Gasteiger partial charge is 0.363 e. The highest BCUT2D eigenvalue weighted by molar-refractivity contribution is 5.99. The Balaban J connectivity index is 1.84. The van der Waals surface area contributed by atoms with Gasteiger partial charge in [-0.1, -0.05) is 40.6 Å². The van der Waals surface area contributed by atoms with E-state index in [1.165, 1.54) is 17.6 Å². The summed E-state index contributed by atoms with van der Waals surface area (Å²) >= 11 is 0. The summed E-state index contributed by atoms with van der Waals surface area (Å²) in [6.07, 6.45) is 2.57. The number of hydrogen-bond acceptors (Lipinski definition) is 6. The van der Waals surface area contributed by atoms with Crippen LogP contribution >= 0.6 is 0 Å². The van der Waals surface area contributed by atoms with Crippen LogP contribution in [0.2, 0.25) is 0 Å². The summed E-state index contributed by atoms with van der Waals surface area (Å²) in [4.78, 5) is 17.8. The molecule has 106 valence electrons. The maximum absolute atomic E-state index is 12.5. The Morgan fingerprint density at radius 3 is 2.71 bits per heavy atom. The highest BCUT2D eigenvalue weighted by Crippen LogP contribution is 2.23. The van der Waals surface area contributed by atoms with Crippen LogP contribution in [0.1, 0.15) is 16.2 Å². The van der Waals surface area contributed by atoms with Gasteiger partial charge in [-0.3, -0.25) is 4.79 Å².